The number of hydrogen-bond acceptors (Lipinski definition) is 12. The first-order valence-corrected chi connectivity index (χ1v) is 19.1. The van der Waals surface area contributed by atoms with Gasteiger partial charge in [-0.15, -0.1) is 0 Å². The molecule has 4 saturated heterocycles. The van der Waals surface area contributed by atoms with Crippen LogP contribution in [0.15, 0.2) is 24.3 Å². The molecule has 5 aliphatic rings. The van der Waals surface area contributed by atoms with Crippen molar-refractivity contribution in [2.45, 2.75) is 79.1 Å². The van der Waals surface area contributed by atoms with Crippen LogP contribution >= 0.6 is 0 Å². The molecule has 0 amide bonds. The molecule has 0 unspecified atom stereocenters. The Kier molecular flexibility index (Phi) is 13.8. The molecule has 52 heavy (non-hydrogen) atoms. The SMILES string of the molecule is CCC1(COC(=O)C2CCC(C(=O)OCC3(CC)COC3)CC2)COC1.CCC1(COC(=O)c2ccc(C(=O)OCC3(CC)COC3)cc2)COC1. The van der Waals surface area contributed by atoms with E-state index in [-0.39, 0.29) is 57.4 Å². The van der Waals surface area contributed by atoms with Crippen LogP contribution in [0.4, 0.5) is 0 Å². The summed E-state index contributed by atoms with van der Waals surface area (Å²) >= 11 is 0. The molecule has 0 spiro atoms. The Balaban J connectivity index is 0.000000201. The van der Waals surface area contributed by atoms with E-state index in [1.165, 1.54) is 0 Å². The molecule has 5 fully saturated rings. The quantitative estimate of drug-likeness (QED) is 0.155. The molecular weight excluding hydrogens is 672 g/mol. The van der Waals surface area contributed by atoms with E-state index in [1.807, 2.05) is 0 Å². The highest BCUT2D eigenvalue weighted by atomic mass is 16.6. The normalized spacial score (nSPS) is 24.5. The minimum atomic E-state index is -0.388. The minimum Gasteiger partial charge on any atom is -0.465 e. The third-order valence-electron chi connectivity index (χ3n) is 12.1. The Hall–Kier alpha value is -3.06. The van der Waals surface area contributed by atoms with Crippen molar-refractivity contribution in [3.63, 3.8) is 0 Å². The second-order valence-electron chi connectivity index (χ2n) is 15.9. The van der Waals surface area contributed by atoms with Gasteiger partial charge in [-0.1, -0.05) is 27.7 Å². The first kappa shape index (κ1) is 40.1. The van der Waals surface area contributed by atoms with Crippen molar-refractivity contribution in [2.75, 3.05) is 79.3 Å². The lowest BCUT2D eigenvalue weighted by Gasteiger charge is -2.40. The van der Waals surface area contributed by atoms with E-state index in [1.54, 1.807) is 24.3 Å². The predicted octanol–water partition coefficient (Wildman–Crippen LogP) is 5.59. The Morgan fingerprint density at radius 3 is 0.942 bits per heavy atom. The van der Waals surface area contributed by atoms with Crippen molar-refractivity contribution in [1.29, 1.82) is 0 Å². The Morgan fingerprint density at radius 1 is 0.481 bits per heavy atom. The van der Waals surface area contributed by atoms with E-state index in [2.05, 4.69) is 27.7 Å². The fourth-order valence-corrected chi connectivity index (χ4v) is 6.72. The van der Waals surface area contributed by atoms with Gasteiger partial charge in [0.2, 0.25) is 0 Å². The van der Waals surface area contributed by atoms with Crippen molar-refractivity contribution in [3.05, 3.63) is 35.4 Å². The summed E-state index contributed by atoms with van der Waals surface area (Å²) in [4.78, 5) is 49.0. The van der Waals surface area contributed by atoms with E-state index in [0.29, 0.717) is 116 Å². The van der Waals surface area contributed by atoms with Crippen LogP contribution in [0, 0.1) is 33.5 Å². The maximum atomic E-state index is 12.3. The second-order valence-corrected chi connectivity index (χ2v) is 15.9. The number of rotatable bonds is 16. The van der Waals surface area contributed by atoms with Crippen molar-refractivity contribution < 1.29 is 57.1 Å². The molecule has 6 rings (SSSR count). The average molecular weight is 731 g/mol. The molecule has 1 aromatic carbocycles. The van der Waals surface area contributed by atoms with Crippen molar-refractivity contribution in [3.8, 4) is 0 Å². The van der Waals surface area contributed by atoms with Gasteiger partial charge >= 0.3 is 23.9 Å². The number of ether oxygens (including phenoxy) is 8. The van der Waals surface area contributed by atoms with Gasteiger partial charge in [-0.05, 0) is 75.6 Å². The molecule has 290 valence electrons. The zero-order valence-corrected chi connectivity index (χ0v) is 31.5. The molecule has 12 nitrogen and oxygen atoms in total. The number of esters is 4. The fourth-order valence-electron chi connectivity index (χ4n) is 6.72. The molecule has 0 N–H and O–H groups in total. The zero-order chi connectivity index (χ0) is 37.2. The van der Waals surface area contributed by atoms with Crippen LogP contribution in [0.25, 0.3) is 0 Å². The molecule has 1 saturated carbocycles. The fraction of sp³-hybridized carbons (Fsp3) is 0.750. The van der Waals surface area contributed by atoms with Gasteiger partial charge < -0.3 is 37.9 Å². The third-order valence-corrected chi connectivity index (χ3v) is 12.1. The van der Waals surface area contributed by atoms with Crippen LogP contribution in [0.1, 0.15) is 99.8 Å². The summed E-state index contributed by atoms with van der Waals surface area (Å²) in [6.45, 7) is 15.2. The number of carbonyl (C=O) groups excluding carboxylic acids is 4. The molecule has 0 radical (unpaired) electrons. The van der Waals surface area contributed by atoms with Gasteiger partial charge in [0, 0.05) is 0 Å². The number of benzene rings is 1. The Bertz CT molecular complexity index is 1220. The van der Waals surface area contributed by atoms with Crippen molar-refractivity contribution in [2.24, 2.45) is 33.5 Å². The molecular formula is C40H58O12. The first-order valence-electron chi connectivity index (χ1n) is 19.1. The highest BCUT2D eigenvalue weighted by Gasteiger charge is 2.42. The van der Waals surface area contributed by atoms with Crippen LogP contribution in [0.3, 0.4) is 0 Å². The van der Waals surface area contributed by atoms with Crippen LogP contribution in [0.5, 0.6) is 0 Å². The van der Waals surface area contributed by atoms with Crippen molar-refractivity contribution >= 4 is 23.9 Å². The van der Waals surface area contributed by atoms with E-state index in [4.69, 9.17) is 37.9 Å². The molecule has 4 aliphatic heterocycles. The van der Waals surface area contributed by atoms with Gasteiger partial charge in [0.1, 0.15) is 26.4 Å². The van der Waals surface area contributed by atoms with Gasteiger partial charge in [-0.3, -0.25) is 9.59 Å². The summed E-state index contributed by atoms with van der Waals surface area (Å²) in [5.41, 5.74) is 0.810. The molecule has 12 heteroatoms. The van der Waals surface area contributed by atoms with Gasteiger partial charge in [-0.2, -0.15) is 0 Å². The van der Waals surface area contributed by atoms with Crippen LogP contribution < -0.4 is 0 Å². The monoisotopic (exact) mass is 730 g/mol. The van der Waals surface area contributed by atoms with E-state index >= 15 is 0 Å². The van der Waals surface area contributed by atoms with Crippen molar-refractivity contribution in [1.82, 2.24) is 0 Å². The Morgan fingerprint density at radius 2 is 0.731 bits per heavy atom. The first-order chi connectivity index (χ1) is 25.0. The van der Waals surface area contributed by atoms with Crippen LogP contribution in [0.2, 0.25) is 0 Å². The smallest absolute Gasteiger partial charge is 0.338 e. The molecule has 0 atom stereocenters. The molecule has 0 bridgehead atoms. The maximum Gasteiger partial charge on any atom is 0.338 e. The lowest BCUT2D eigenvalue weighted by atomic mass is 9.81. The van der Waals surface area contributed by atoms with E-state index < -0.39 is 0 Å². The highest BCUT2D eigenvalue weighted by molar-refractivity contribution is 5.93. The molecule has 1 aromatic rings. The number of carbonyl (C=O) groups is 4. The number of hydrogen-bond donors (Lipinski definition) is 0. The summed E-state index contributed by atoms with van der Waals surface area (Å²) in [6, 6.07) is 6.38. The van der Waals surface area contributed by atoms with Gasteiger partial charge in [-0.25, -0.2) is 9.59 Å². The maximum absolute atomic E-state index is 12.3. The largest absolute Gasteiger partial charge is 0.465 e. The topological polar surface area (TPSA) is 142 Å². The standard InChI is InChI=1S/C20H32O6.C20H26O6/c2*1-3-19(9-23-10-19)13-25-17(21)15-5-7-16(8-6-15)18(22)26-14-20(4-2)11-24-12-20/h15-16H,3-14H2,1-2H3;5-8H,3-4,9-14H2,1-2H3. The molecule has 4 heterocycles. The lowest BCUT2D eigenvalue weighted by Crippen LogP contribution is -2.47. The average Bonchev–Trinajstić information content (AvgIpc) is 3.10. The predicted molar refractivity (Wildman–Crippen MR) is 189 cm³/mol. The van der Waals surface area contributed by atoms with E-state index in [9.17, 15) is 19.2 Å². The molecule has 1 aliphatic carbocycles. The van der Waals surface area contributed by atoms with Gasteiger partial charge in [0.15, 0.2) is 0 Å². The van der Waals surface area contributed by atoms with E-state index in [0.717, 1.165) is 25.7 Å². The third kappa shape index (κ3) is 9.72. The summed E-state index contributed by atoms with van der Waals surface area (Å²) < 4.78 is 42.9. The van der Waals surface area contributed by atoms with Crippen LogP contribution in [-0.2, 0) is 47.5 Å². The Labute approximate surface area is 307 Å². The van der Waals surface area contributed by atoms with Crippen LogP contribution in [-0.4, -0.2) is 103 Å². The highest BCUT2D eigenvalue weighted by Crippen LogP contribution is 2.36. The van der Waals surface area contributed by atoms with Gasteiger partial charge in [0.25, 0.3) is 0 Å². The summed E-state index contributed by atoms with van der Waals surface area (Å²) in [5, 5.41) is 0. The zero-order valence-electron chi connectivity index (χ0n) is 31.5. The second kappa shape index (κ2) is 17.8. The summed E-state index contributed by atoms with van der Waals surface area (Å²) in [6.07, 6.45) is 6.57. The molecule has 0 aromatic heterocycles. The lowest BCUT2D eigenvalue weighted by molar-refractivity contribution is -0.178. The minimum absolute atomic E-state index is 0.0249. The summed E-state index contributed by atoms with van der Waals surface area (Å²) in [5.74, 6) is -1.18. The summed E-state index contributed by atoms with van der Waals surface area (Å²) in [7, 11) is 0. The van der Waals surface area contributed by atoms with Gasteiger partial charge in [0.05, 0.1) is 97.5 Å².